The number of aryl methyl sites for hydroxylation is 1. The van der Waals surface area contributed by atoms with Crippen LogP contribution >= 0.6 is 33.3 Å². The van der Waals surface area contributed by atoms with Crippen molar-refractivity contribution in [2.24, 2.45) is 4.99 Å². The number of hydrogen-bond donors (Lipinski definition) is 0. The maximum Gasteiger partial charge on any atom is 0.203 e. The van der Waals surface area contributed by atoms with Gasteiger partial charge in [0.1, 0.15) is 10.1 Å². The average Bonchev–Trinajstić information content (AvgIpc) is 3.66. The van der Waals surface area contributed by atoms with Gasteiger partial charge in [0, 0.05) is 30.5 Å². The largest absolute Gasteiger partial charge is 0.494 e. The molecule has 0 atom stereocenters. The van der Waals surface area contributed by atoms with Gasteiger partial charge in [-0.15, -0.1) is 5.10 Å². The Morgan fingerprint density at radius 3 is 2.54 bits per heavy atom. The van der Waals surface area contributed by atoms with E-state index in [0.29, 0.717) is 35.2 Å². The number of ether oxygens (including phenoxy) is 4. The highest BCUT2D eigenvalue weighted by Crippen LogP contribution is 2.38. The second kappa shape index (κ2) is 14.9. The van der Waals surface area contributed by atoms with Crippen LogP contribution in [-0.2, 0) is 12.3 Å². The van der Waals surface area contributed by atoms with Crippen LogP contribution in [0.3, 0.4) is 0 Å². The fraction of sp³-hybridized carbons (Fsp3) is 0.333. The molecule has 1 aliphatic heterocycles. The minimum Gasteiger partial charge on any atom is -0.494 e. The highest BCUT2D eigenvalue weighted by atomic mass is 33.1. The fourth-order valence-corrected chi connectivity index (χ4v) is 7.02. The van der Waals surface area contributed by atoms with Crippen LogP contribution in [0.5, 0.6) is 23.0 Å². The average molecular weight is 587 g/mol. The van der Waals surface area contributed by atoms with E-state index >= 15 is 0 Å². The van der Waals surface area contributed by atoms with Crippen LogP contribution < -0.4 is 18.9 Å². The van der Waals surface area contributed by atoms with Crippen molar-refractivity contribution >= 4 is 49.6 Å². The number of nitrogens with zero attached hydrogens (tertiary/aromatic N) is 4. The van der Waals surface area contributed by atoms with Crippen LogP contribution in [0.25, 0.3) is 6.08 Å². The van der Waals surface area contributed by atoms with Gasteiger partial charge in [0.15, 0.2) is 17.3 Å². The van der Waals surface area contributed by atoms with Crippen molar-refractivity contribution < 1.29 is 23.7 Å². The smallest absolute Gasteiger partial charge is 0.203 e. The molecule has 1 aromatic heterocycles. The van der Waals surface area contributed by atoms with E-state index in [9.17, 15) is 4.79 Å². The van der Waals surface area contributed by atoms with Gasteiger partial charge in [-0.1, -0.05) is 33.8 Å². The van der Waals surface area contributed by atoms with Crippen molar-refractivity contribution in [2.45, 2.75) is 18.7 Å². The van der Waals surface area contributed by atoms with Gasteiger partial charge < -0.3 is 18.9 Å². The van der Waals surface area contributed by atoms with Gasteiger partial charge in [-0.3, -0.25) is 14.5 Å². The molecular formula is C27H30N4O5S3. The van der Waals surface area contributed by atoms with Gasteiger partial charge in [0.05, 0.1) is 45.9 Å². The Bertz CT molecular complexity index is 1290. The quantitative estimate of drug-likeness (QED) is 0.102. The maximum atomic E-state index is 12.7. The Morgan fingerprint density at radius 2 is 1.87 bits per heavy atom. The molecule has 0 spiro atoms. The summed E-state index contributed by atoms with van der Waals surface area (Å²) in [6, 6.07) is 10.7. The van der Waals surface area contributed by atoms with E-state index in [-0.39, 0.29) is 5.78 Å². The molecule has 0 amide bonds. The minimum atomic E-state index is -0.121. The number of rotatable bonds is 14. The number of hydrogen-bond acceptors (Lipinski definition) is 11. The zero-order chi connectivity index (χ0) is 27.5. The van der Waals surface area contributed by atoms with E-state index in [0.717, 1.165) is 46.6 Å². The second-order valence-electron chi connectivity index (χ2n) is 8.20. The number of aromatic nitrogens is 3. The number of aliphatic imine (C=N–C) groups is 1. The van der Waals surface area contributed by atoms with Crippen molar-refractivity contribution in [1.29, 1.82) is 0 Å². The molecule has 39 heavy (non-hydrogen) atoms. The summed E-state index contributed by atoms with van der Waals surface area (Å²) in [5.41, 5.74) is 2.28. The molecule has 0 bridgehead atoms. The molecule has 2 aromatic carbocycles. The van der Waals surface area contributed by atoms with Crippen LogP contribution in [0.1, 0.15) is 28.0 Å². The molecule has 9 nitrogen and oxygen atoms in total. The molecule has 1 aliphatic rings. The van der Waals surface area contributed by atoms with Gasteiger partial charge in [0.25, 0.3) is 0 Å². The lowest BCUT2D eigenvalue weighted by Crippen LogP contribution is -2.05. The first-order valence-electron chi connectivity index (χ1n) is 12.2. The number of methoxy groups -OCH3 is 3. The van der Waals surface area contributed by atoms with Crippen molar-refractivity contribution in [3.8, 4) is 23.0 Å². The molecule has 0 N–H and O–H groups in total. The SMILES string of the molecule is COc1cc(/C=C/C(=O)c2ccc(OCCCn3cc(CSSC4=NCCS4)nn3)cc2)cc(OC)c1OC. The number of carbonyl (C=O) groups excluding carboxylic acids is 1. The molecular weight excluding hydrogens is 557 g/mol. The highest BCUT2D eigenvalue weighted by molar-refractivity contribution is 8.85. The lowest BCUT2D eigenvalue weighted by molar-refractivity contribution is 0.104. The van der Waals surface area contributed by atoms with Crippen LogP contribution in [-0.4, -0.2) is 65.4 Å². The third kappa shape index (κ3) is 8.45. The highest BCUT2D eigenvalue weighted by Gasteiger charge is 2.13. The standard InChI is InChI=1S/C27H30N4O5S3/c1-33-24-15-19(16-25(34-2)26(24)35-3)5-10-23(32)20-6-8-22(9-7-20)36-13-4-12-31-17-21(29-30-31)18-38-39-27-28-11-14-37-27/h5-10,15-17H,4,11-14,18H2,1-3H3/b10-5+. The molecule has 4 rings (SSSR count). The Labute approximate surface area is 240 Å². The number of allylic oxidation sites excluding steroid dienone is 1. The predicted molar refractivity (Wildman–Crippen MR) is 160 cm³/mol. The topological polar surface area (TPSA) is 97.1 Å². The summed E-state index contributed by atoms with van der Waals surface area (Å²) in [6.45, 7) is 2.17. The van der Waals surface area contributed by atoms with Gasteiger partial charge in [-0.2, -0.15) is 0 Å². The van der Waals surface area contributed by atoms with Crippen molar-refractivity contribution in [3.05, 3.63) is 65.5 Å². The van der Waals surface area contributed by atoms with Gasteiger partial charge in [0.2, 0.25) is 5.75 Å². The zero-order valence-electron chi connectivity index (χ0n) is 22.0. The van der Waals surface area contributed by atoms with E-state index < -0.39 is 0 Å². The van der Waals surface area contributed by atoms with Crippen LogP contribution in [0.2, 0.25) is 0 Å². The monoisotopic (exact) mass is 586 g/mol. The molecule has 3 aromatic rings. The first-order valence-corrected chi connectivity index (χ1v) is 15.5. The normalized spacial score (nSPS) is 12.9. The Morgan fingerprint density at radius 1 is 1.10 bits per heavy atom. The Hall–Kier alpha value is -3.09. The summed E-state index contributed by atoms with van der Waals surface area (Å²) in [4.78, 5) is 17.1. The van der Waals surface area contributed by atoms with E-state index in [1.54, 1.807) is 85.4 Å². The predicted octanol–water partition coefficient (Wildman–Crippen LogP) is 5.65. The van der Waals surface area contributed by atoms with Gasteiger partial charge in [-0.05, 0) is 58.8 Å². The van der Waals surface area contributed by atoms with Crippen molar-refractivity contribution in [1.82, 2.24) is 15.0 Å². The van der Waals surface area contributed by atoms with Gasteiger partial charge in [-0.25, -0.2) is 0 Å². The van der Waals surface area contributed by atoms with E-state index in [1.807, 2.05) is 22.6 Å². The first-order chi connectivity index (χ1) is 19.1. The Balaban J connectivity index is 1.20. The maximum absolute atomic E-state index is 12.7. The van der Waals surface area contributed by atoms with Crippen molar-refractivity contribution in [2.75, 3.05) is 40.2 Å². The summed E-state index contributed by atoms with van der Waals surface area (Å²) in [6.07, 6.45) is 6.00. The van der Waals surface area contributed by atoms with E-state index in [2.05, 4.69) is 15.3 Å². The molecule has 0 saturated carbocycles. The van der Waals surface area contributed by atoms with Crippen LogP contribution in [0.15, 0.2) is 53.7 Å². The summed E-state index contributed by atoms with van der Waals surface area (Å²) < 4.78 is 24.9. The third-order valence-electron chi connectivity index (χ3n) is 5.53. The molecule has 0 saturated heterocycles. The summed E-state index contributed by atoms with van der Waals surface area (Å²) in [5.74, 6) is 4.02. The zero-order valence-corrected chi connectivity index (χ0v) is 24.4. The molecule has 2 heterocycles. The van der Waals surface area contributed by atoms with E-state index in [4.69, 9.17) is 18.9 Å². The molecule has 206 valence electrons. The second-order valence-corrected chi connectivity index (χ2v) is 11.8. The number of benzene rings is 2. The summed E-state index contributed by atoms with van der Waals surface area (Å²) in [5, 5.41) is 8.44. The molecule has 0 fully saturated rings. The fourth-order valence-electron chi connectivity index (χ4n) is 3.62. The number of thioether (sulfide) groups is 1. The van der Waals surface area contributed by atoms with Crippen LogP contribution in [0.4, 0.5) is 0 Å². The molecule has 12 heteroatoms. The van der Waals surface area contributed by atoms with E-state index in [1.165, 1.54) is 6.08 Å². The molecule has 0 aliphatic carbocycles. The summed E-state index contributed by atoms with van der Waals surface area (Å²) >= 11 is 1.81. The number of ketones is 1. The third-order valence-corrected chi connectivity index (χ3v) is 9.20. The van der Waals surface area contributed by atoms with Gasteiger partial charge >= 0.3 is 0 Å². The van der Waals surface area contributed by atoms with Crippen LogP contribution in [0, 0.1) is 0 Å². The summed E-state index contributed by atoms with van der Waals surface area (Å²) in [7, 11) is 8.10. The molecule has 0 radical (unpaired) electrons. The first kappa shape index (κ1) is 28.9. The molecule has 0 unspecified atom stereocenters. The lowest BCUT2D eigenvalue weighted by Gasteiger charge is -2.12. The lowest BCUT2D eigenvalue weighted by atomic mass is 10.1. The number of carbonyl (C=O) groups is 1. The van der Waals surface area contributed by atoms with Crippen molar-refractivity contribution in [3.63, 3.8) is 0 Å². The Kier molecular flexibility index (Phi) is 11.0. The minimum absolute atomic E-state index is 0.121.